The molecule has 8 heteroatoms. The minimum Gasteiger partial charge on any atom is -0.315 e. The van der Waals surface area contributed by atoms with Crippen molar-refractivity contribution in [3.63, 3.8) is 0 Å². The molecule has 182 valence electrons. The maximum Gasteiger partial charge on any atom is 0.191 e. The first-order valence-corrected chi connectivity index (χ1v) is 13.8. The number of thiophene rings is 1. The zero-order chi connectivity index (χ0) is 24.7. The van der Waals surface area contributed by atoms with Gasteiger partial charge in [-0.3, -0.25) is 4.79 Å². The number of aryl methyl sites for hydroxylation is 2. The fourth-order valence-corrected chi connectivity index (χ4v) is 6.99. The summed E-state index contributed by atoms with van der Waals surface area (Å²) in [5.74, 6) is 1.56. The number of rotatable bonds is 7. The van der Waals surface area contributed by atoms with Crippen molar-refractivity contribution >= 4 is 28.9 Å². The monoisotopic (exact) mass is 508 g/mol. The maximum absolute atomic E-state index is 14.4. The van der Waals surface area contributed by atoms with Gasteiger partial charge in [0.2, 0.25) is 0 Å². The molecule has 0 N–H and O–H groups in total. The molecule has 5 rings (SSSR count). The lowest BCUT2D eigenvalue weighted by Crippen LogP contribution is -2.10. The molecule has 0 spiro atoms. The van der Waals surface area contributed by atoms with Crippen LogP contribution < -0.4 is 0 Å². The Morgan fingerprint density at radius 1 is 1.23 bits per heavy atom. The summed E-state index contributed by atoms with van der Waals surface area (Å²) in [5.41, 5.74) is 4.09. The zero-order valence-corrected chi connectivity index (χ0v) is 22.1. The molecule has 1 aromatic carbocycles. The Labute approximate surface area is 213 Å². The molecule has 0 amide bonds. The number of halogens is 1. The van der Waals surface area contributed by atoms with Crippen molar-refractivity contribution in [1.29, 1.82) is 0 Å². The minimum absolute atomic E-state index is 0.00701. The van der Waals surface area contributed by atoms with Crippen LogP contribution in [0.1, 0.15) is 52.0 Å². The van der Waals surface area contributed by atoms with E-state index < -0.39 is 0 Å². The third-order valence-corrected chi connectivity index (χ3v) is 9.23. The average molecular weight is 509 g/mol. The molecule has 0 saturated heterocycles. The van der Waals surface area contributed by atoms with Crippen LogP contribution in [0.5, 0.6) is 0 Å². The number of thioether (sulfide) groups is 1. The summed E-state index contributed by atoms with van der Waals surface area (Å²) >= 11 is 3.21. The average Bonchev–Trinajstić information content (AvgIpc) is 3.52. The zero-order valence-electron chi connectivity index (χ0n) is 20.5. The van der Waals surface area contributed by atoms with Gasteiger partial charge in [0.05, 0.1) is 16.3 Å². The van der Waals surface area contributed by atoms with Gasteiger partial charge in [-0.05, 0) is 68.9 Å². The molecule has 5 nitrogen and oxygen atoms in total. The van der Waals surface area contributed by atoms with E-state index in [0.29, 0.717) is 16.4 Å². The fourth-order valence-electron chi connectivity index (χ4n) is 4.97. The van der Waals surface area contributed by atoms with Crippen molar-refractivity contribution in [3.8, 4) is 16.4 Å². The van der Waals surface area contributed by atoms with Crippen molar-refractivity contribution in [2.24, 2.45) is 13.0 Å². The minimum atomic E-state index is -0.310. The lowest BCUT2D eigenvalue weighted by atomic mass is 9.87. The van der Waals surface area contributed by atoms with E-state index in [1.54, 1.807) is 22.8 Å². The Bertz CT molecular complexity index is 1400. The highest BCUT2D eigenvalue weighted by Crippen LogP contribution is 2.38. The summed E-state index contributed by atoms with van der Waals surface area (Å²) in [5, 5.41) is 9.54. The number of aromatic nitrogens is 4. The molecule has 0 fully saturated rings. The molecule has 0 unspecified atom stereocenters. The lowest BCUT2D eigenvalue weighted by molar-refractivity contribution is 0.102. The van der Waals surface area contributed by atoms with Crippen LogP contribution in [0.3, 0.4) is 0 Å². The van der Waals surface area contributed by atoms with Crippen LogP contribution in [-0.4, -0.2) is 30.9 Å². The number of Topliss-reactive ketones (excluding diaryl/α,β-unsaturated/α-hetero) is 1. The molecule has 0 bridgehead atoms. The van der Waals surface area contributed by atoms with Gasteiger partial charge in [0.15, 0.2) is 16.8 Å². The number of fused-ring (bicyclic) bond motifs is 1. The summed E-state index contributed by atoms with van der Waals surface area (Å²) in [6.45, 7) is 6.02. The Balaban J connectivity index is 1.32. The van der Waals surface area contributed by atoms with E-state index in [4.69, 9.17) is 0 Å². The van der Waals surface area contributed by atoms with Gasteiger partial charge >= 0.3 is 0 Å². The van der Waals surface area contributed by atoms with E-state index in [1.807, 2.05) is 42.9 Å². The van der Waals surface area contributed by atoms with Crippen molar-refractivity contribution in [2.75, 3.05) is 5.75 Å². The number of hydrogen-bond donors (Lipinski definition) is 0. The third-order valence-electron chi connectivity index (χ3n) is 6.97. The second-order valence-corrected chi connectivity index (χ2v) is 11.3. The van der Waals surface area contributed by atoms with Gasteiger partial charge in [-0.15, -0.1) is 21.5 Å². The van der Waals surface area contributed by atoms with Gasteiger partial charge in [-0.1, -0.05) is 37.2 Å². The number of benzene rings is 1. The molecular formula is C27H29FN4OS2. The number of para-hydroxylation sites is 1. The van der Waals surface area contributed by atoms with Crippen molar-refractivity contribution in [2.45, 2.75) is 51.6 Å². The quantitative estimate of drug-likeness (QED) is 0.209. The SMILES string of the molecule is CC[C@H]1CCc2sc(-c3nnc(SCC(=O)c4cc(C)n(-c5ccccc5F)c4C)n3C)cc2C1. The molecule has 35 heavy (non-hydrogen) atoms. The Kier molecular flexibility index (Phi) is 6.68. The maximum atomic E-state index is 14.4. The van der Waals surface area contributed by atoms with Crippen LogP contribution in [0, 0.1) is 25.6 Å². The topological polar surface area (TPSA) is 52.7 Å². The highest BCUT2D eigenvalue weighted by atomic mass is 32.2. The number of hydrogen-bond acceptors (Lipinski definition) is 5. The number of nitrogens with zero attached hydrogens (tertiary/aromatic N) is 4. The molecule has 1 atom stereocenters. The van der Waals surface area contributed by atoms with Gasteiger partial charge in [-0.2, -0.15) is 0 Å². The highest BCUT2D eigenvalue weighted by Gasteiger charge is 2.23. The second kappa shape index (κ2) is 9.74. The normalized spacial score (nSPS) is 15.4. The van der Waals surface area contributed by atoms with E-state index >= 15 is 0 Å². The van der Waals surface area contributed by atoms with Crippen molar-refractivity contribution in [1.82, 2.24) is 19.3 Å². The van der Waals surface area contributed by atoms with Gasteiger partial charge in [0.25, 0.3) is 0 Å². The molecule has 0 aliphatic heterocycles. The van der Waals surface area contributed by atoms with Gasteiger partial charge in [-0.25, -0.2) is 4.39 Å². The molecular weight excluding hydrogens is 479 g/mol. The Hall–Kier alpha value is -2.71. The molecule has 0 radical (unpaired) electrons. The summed E-state index contributed by atoms with van der Waals surface area (Å²) in [7, 11) is 1.96. The van der Waals surface area contributed by atoms with E-state index in [-0.39, 0.29) is 17.4 Å². The number of carbonyl (C=O) groups excluding carboxylic acids is 1. The summed E-state index contributed by atoms with van der Waals surface area (Å²) in [4.78, 5) is 15.7. The van der Waals surface area contributed by atoms with Gasteiger partial charge < -0.3 is 9.13 Å². The molecule has 3 heterocycles. The predicted octanol–water partition coefficient (Wildman–Crippen LogP) is 6.58. The first-order chi connectivity index (χ1) is 16.9. The van der Waals surface area contributed by atoms with E-state index in [0.717, 1.165) is 40.8 Å². The number of ketones is 1. The molecule has 1 aliphatic rings. The van der Waals surface area contributed by atoms with Crippen molar-refractivity contribution in [3.05, 3.63) is 69.6 Å². The Morgan fingerprint density at radius 2 is 2.03 bits per heavy atom. The van der Waals surface area contributed by atoms with Crippen LogP contribution in [-0.2, 0) is 19.9 Å². The van der Waals surface area contributed by atoms with Crippen LogP contribution >= 0.6 is 23.1 Å². The smallest absolute Gasteiger partial charge is 0.191 e. The van der Waals surface area contributed by atoms with Crippen molar-refractivity contribution < 1.29 is 9.18 Å². The highest BCUT2D eigenvalue weighted by molar-refractivity contribution is 7.99. The van der Waals surface area contributed by atoms with Crippen LogP contribution in [0.15, 0.2) is 41.6 Å². The van der Waals surface area contributed by atoms with Crippen LogP contribution in [0.4, 0.5) is 4.39 Å². The van der Waals surface area contributed by atoms with Gasteiger partial charge in [0.1, 0.15) is 5.82 Å². The molecule has 0 saturated carbocycles. The molecule has 1 aliphatic carbocycles. The van der Waals surface area contributed by atoms with Crippen LogP contribution in [0.2, 0.25) is 0 Å². The van der Waals surface area contributed by atoms with E-state index in [2.05, 4.69) is 23.2 Å². The van der Waals surface area contributed by atoms with Crippen LogP contribution in [0.25, 0.3) is 16.4 Å². The summed E-state index contributed by atoms with van der Waals surface area (Å²) < 4.78 is 18.2. The van der Waals surface area contributed by atoms with E-state index in [9.17, 15) is 9.18 Å². The first-order valence-electron chi connectivity index (χ1n) is 12.0. The summed E-state index contributed by atoms with van der Waals surface area (Å²) in [6, 6.07) is 10.7. The molecule has 4 aromatic rings. The summed E-state index contributed by atoms with van der Waals surface area (Å²) in [6.07, 6.45) is 4.80. The number of carbonyl (C=O) groups is 1. The third kappa shape index (κ3) is 4.49. The predicted molar refractivity (Wildman–Crippen MR) is 140 cm³/mol. The lowest BCUT2D eigenvalue weighted by Gasteiger charge is -2.19. The first kappa shape index (κ1) is 24.0. The standard InChI is InChI=1S/C27H29FN4OS2/c1-5-18-10-11-24-19(13-18)14-25(35-24)26-29-30-27(31(26)4)34-15-23(33)20-12-16(2)32(17(20)3)22-9-7-6-8-21(22)28/h6-9,12,14,18H,5,10-11,13,15H2,1-4H3/t18-/m0/s1. The second-order valence-electron chi connectivity index (χ2n) is 9.22. The fraction of sp³-hybridized carbons (Fsp3) is 0.370. The van der Waals surface area contributed by atoms with E-state index in [1.165, 1.54) is 41.1 Å². The molecule has 3 aromatic heterocycles. The largest absolute Gasteiger partial charge is 0.315 e. The Morgan fingerprint density at radius 3 is 2.80 bits per heavy atom. The van der Waals surface area contributed by atoms with Gasteiger partial charge in [0, 0.05) is 28.9 Å².